The first kappa shape index (κ1) is 19.5. The van der Waals surface area contributed by atoms with Gasteiger partial charge >= 0.3 is 0 Å². The summed E-state index contributed by atoms with van der Waals surface area (Å²) in [6, 6.07) is 14.5. The van der Waals surface area contributed by atoms with Crippen molar-refractivity contribution in [2.24, 2.45) is 0 Å². The normalized spacial score (nSPS) is 16.2. The molecule has 27 heavy (non-hydrogen) atoms. The summed E-state index contributed by atoms with van der Waals surface area (Å²) in [5.74, 6) is -0.520. The zero-order valence-corrected chi connectivity index (χ0v) is 15.7. The minimum atomic E-state index is -3.62. The minimum Gasteiger partial charge on any atom is -0.347 e. The second kappa shape index (κ2) is 8.60. The van der Waals surface area contributed by atoms with Crippen LogP contribution in [0.4, 0.5) is 4.39 Å². The fourth-order valence-electron chi connectivity index (χ4n) is 3.06. The molecule has 2 N–H and O–H groups in total. The molecule has 2 aromatic rings. The number of amides is 1. The third-order valence-corrected chi connectivity index (χ3v) is 6.54. The highest BCUT2D eigenvalue weighted by molar-refractivity contribution is 7.89. The molecule has 2 aromatic carbocycles. The predicted octanol–water partition coefficient (Wildman–Crippen LogP) is 0.0313. The van der Waals surface area contributed by atoms with E-state index >= 15 is 0 Å². The van der Waals surface area contributed by atoms with Crippen LogP contribution in [0.5, 0.6) is 0 Å². The van der Waals surface area contributed by atoms with E-state index in [1.165, 1.54) is 16.4 Å². The number of hydrogen-bond donors (Lipinski definition) is 2. The Bertz CT molecular complexity index is 865. The van der Waals surface area contributed by atoms with Crippen LogP contribution < -0.4 is 10.2 Å². The molecule has 6 nitrogen and oxygen atoms in total. The van der Waals surface area contributed by atoms with Crippen LogP contribution in [0.3, 0.4) is 0 Å². The van der Waals surface area contributed by atoms with Gasteiger partial charge in [-0.1, -0.05) is 30.3 Å². The highest BCUT2D eigenvalue weighted by Crippen LogP contribution is 2.15. The summed E-state index contributed by atoms with van der Waals surface area (Å²) in [5, 5.41) is 2.89. The lowest BCUT2D eigenvalue weighted by Crippen LogP contribution is -3.15. The summed E-state index contributed by atoms with van der Waals surface area (Å²) in [6.45, 7) is 2.58. The molecule has 0 bridgehead atoms. The molecule has 144 valence electrons. The average molecular weight is 392 g/mol. The summed E-state index contributed by atoms with van der Waals surface area (Å²) in [5.41, 5.74) is 1.04. The molecule has 1 aliphatic rings. The van der Waals surface area contributed by atoms with Crippen LogP contribution in [0.15, 0.2) is 59.5 Å². The standard InChI is InChI=1S/C19H22FN3O3S/c20-17-6-8-18(9-7-17)27(25,26)23-12-10-22(11-13-23)15-19(24)21-14-16-4-2-1-3-5-16/h1-9H,10-15H2,(H,21,24)/p+1. The van der Waals surface area contributed by atoms with E-state index in [4.69, 9.17) is 0 Å². The van der Waals surface area contributed by atoms with E-state index in [2.05, 4.69) is 5.32 Å². The first-order valence-corrected chi connectivity index (χ1v) is 10.3. The van der Waals surface area contributed by atoms with Gasteiger partial charge in [0.2, 0.25) is 10.0 Å². The zero-order chi connectivity index (χ0) is 19.3. The van der Waals surface area contributed by atoms with Crippen molar-refractivity contribution in [3.63, 3.8) is 0 Å². The van der Waals surface area contributed by atoms with E-state index in [0.717, 1.165) is 22.6 Å². The van der Waals surface area contributed by atoms with E-state index in [-0.39, 0.29) is 10.8 Å². The molecule has 1 saturated heterocycles. The third kappa shape index (κ3) is 5.12. The van der Waals surface area contributed by atoms with Crippen molar-refractivity contribution >= 4 is 15.9 Å². The smallest absolute Gasteiger partial charge is 0.275 e. The van der Waals surface area contributed by atoms with Gasteiger partial charge < -0.3 is 10.2 Å². The van der Waals surface area contributed by atoms with Crippen molar-refractivity contribution in [2.45, 2.75) is 11.4 Å². The summed E-state index contributed by atoms with van der Waals surface area (Å²) in [6.07, 6.45) is 0. The second-order valence-corrected chi connectivity index (χ2v) is 8.49. The monoisotopic (exact) mass is 392 g/mol. The number of quaternary nitrogens is 1. The lowest BCUT2D eigenvalue weighted by molar-refractivity contribution is -0.895. The van der Waals surface area contributed by atoms with Gasteiger partial charge in [-0.05, 0) is 29.8 Å². The Balaban J connectivity index is 1.48. The first-order chi connectivity index (χ1) is 12.9. The maximum atomic E-state index is 13.0. The van der Waals surface area contributed by atoms with Gasteiger partial charge in [-0.3, -0.25) is 4.79 Å². The molecule has 1 heterocycles. The number of hydrogen-bond acceptors (Lipinski definition) is 3. The summed E-state index contributed by atoms with van der Waals surface area (Å²) < 4.78 is 39.6. The molecule has 0 radical (unpaired) electrons. The zero-order valence-electron chi connectivity index (χ0n) is 14.9. The Morgan fingerprint density at radius 3 is 2.30 bits per heavy atom. The lowest BCUT2D eigenvalue weighted by Gasteiger charge is -2.31. The minimum absolute atomic E-state index is 0.0521. The first-order valence-electron chi connectivity index (χ1n) is 8.85. The number of sulfonamides is 1. The third-order valence-electron chi connectivity index (χ3n) is 4.62. The van der Waals surface area contributed by atoms with E-state index in [1.807, 2.05) is 30.3 Å². The van der Waals surface area contributed by atoms with Gasteiger partial charge in [-0.25, -0.2) is 12.8 Å². The van der Waals surface area contributed by atoms with Crippen molar-refractivity contribution in [1.29, 1.82) is 0 Å². The number of halogens is 1. The summed E-state index contributed by atoms with van der Waals surface area (Å²) in [7, 11) is -3.62. The number of rotatable bonds is 6. The topological polar surface area (TPSA) is 70.9 Å². The fourth-order valence-corrected chi connectivity index (χ4v) is 4.50. The molecule has 8 heteroatoms. The van der Waals surface area contributed by atoms with Gasteiger partial charge in [0.05, 0.1) is 31.1 Å². The van der Waals surface area contributed by atoms with Crippen LogP contribution in [0.2, 0.25) is 0 Å². The Hall–Kier alpha value is -2.29. The fraction of sp³-hybridized carbons (Fsp3) is 0.316. The van der Waals surface area contributed by atoms with E-state index in [1.54, 1.807) is 0 Å². The maximum absolute atomic E-state index is 13.0. The highest BCUT2D eigenvalue weighted by Gasteiger charge is 2.31. The van der Waals surface area contributed by atoms with Gasteiger partial charge in [0.25, 0.3) is 5.91 Å². The average Bonchev–Trinajstić information content (AvgIpc) is 2.68. The number of carbonyl (C=O) groups excluding carboxylic acids is 1. The van der Waals surface area contributed by atoms with Gasteiger partial charge in [0.15, 0.2) is 6.54 Å². The van der Waals surface area contributed by atoms with Gasteiger partial charge in [-0.2, -0.15) is 4.31 Å². The molecular weight excluding hydrogens is 369 g/mol. The molecule has 0 aromatic heterocycles. The van der Waals surface area contributed by atoms with Crippen molar-refractivity contribution < 1.29 is 22.5 Å². The second-order valence-electron chi connectivity index (χ2n) is 6.55. The Labute approximate surface area is 158 Å². The van der Waals surface area contributed by atoms with Crippen LogP contribution >= 0.6 is 0 Å². The molecule has 0 atom stereocenters. The lowest BCUT2D eigenvalue weighted by atomic mass is 10.2. The van der Waals surface area contributed by atoms with Gasteiger partial charge in [0.1, 0.15) is 5.82 Å². The van der Waals surface area contributed by atoms with Crippen molar-refractivity contribution in [3.05, 3.63) is 66.0 Å². The van der Waals surface area contributed by atoms with Crippen LogP contribution in [-0.2, 0) is 21.4 Å². The predicted molar refractivity (Wildman–Crippen MR) is 99.0 cm³/mol. The van der Waals surface area contributed by atoms with Crippen molar-refractivity contribution in [2.75, 3.05) is 32.7 Å². The number of nitrogens with zero attached hydrogens (tertiary/aromatic N) is 1. The molecular formula is C19H23FN3O3S+. The molecule has 1 amide bonds. The summed E-state index contributed by atoms with van der Waals surface area (Å²) in [4.78, 5) is 13.3. The molecule has 3 rings (SSSR count). The SMILES string of the molecule is O=C(C[NH+]1CCN(S(=O)(=O)c2ccc(F)cc2)CC1)NCc1ccccc1. The van der Waals surface area contributed by atoms with E-state index in [9.17, 15) is 17.6 Å². The van der Waals surface area contributed by atoms with Crippen molar-refractivity contribution in [3.8, 4) is 0 Å². The number of piperazine rings is 1. The number of benzene rings is 2. The van der Waals surface area contributed by atoms with Crippen LogP contribution in [-0.4, -0.2) is 51.4 Å². The highest BCUT2D eigenvalue weighted by atomic mass is 32.2. The van der Waals surface area contributed by atoms with E-state index in [0.29, 0.717) is 39.3 Å². The molecule has 0 spiro atoms. The Kier molecular flexibility index (Phi) is 6.20. The van der Waals surface area contributed by atoms with Crippen LogP contribution in [0, 0.1) is 5.82 Å². The number of nitrogens with one attached hydrogen (secondary N) is 2. The molecule has 0 unspecified atom stereocenters. The summed E-state index contributed by atoms with van der Waals surface area (Å²) >= 11 is 0. The Morgan fingerprint density at radius 1 is 1.04 bits per heavy atom. The van der Waals surface area contributed by atoms with Gasteiger partial charge in [0, 0.05) is 6.54 Å². The maximum Gasteiger partial charge on any atom is 0.275 e. The number of carbonyl (C=O) groups is 1. The quantitative estimate of drug-likeness (QED) is 0.729. The molecule has 0 saturated carbocycles. The van der Waals surface area contributed by atoms with Crippen molar-refractivity contribution in [1.82, 2.24) is 9.62 Å². The molecule has 1 aliphatic heterocycles. The Morgan fingerprint density at radius 2 is 1.67 bits per heavy atom. The molecule has 1 fully saturated rings. The molecule has 0 aliphatic carbocycles. The van der Waals surface area contributed by atoms with Crippen LogP contribution in [0.1, 0.15) is 5.56 Å². The van der Waals surface area contributed by atoms with Crippen LogP contribution in [0.25, 0.3) is 0 Å². The largest absolute Gasteiger partial charge is 0.347 e. The van der Waals surface area contributed by atoms with Gasteiger partial charge in [-0.15, -0.1) is 0 Å². The van der Waals surface area contributed by atoms with E-state index < -0.39 is 15.8 Å².